The van der Waals surface area contributed by atoms with Crippen molar-refractivity contribution in [3.63, 3.8) is 0 Å². The van der Waals surface area contributed by atoms with Gasteiger partial charge in [0.05, 0.1) is 17.2 Å². The quantitative estimate of drug-likeness (QED) is 0.725. The van der Waals surface area contributed by atoms with E-state index in [1.54, 1.807) is 6.92 Å². The first-order valence-corrected chi connectivity index (χ1v) is 5.21. The molecular formula is C10H8F3NS. The molecule has 0 spiro atoms. The Balaban J connectivity index is 3.22. The fraction of sp³-hybridized carbons (Fsp3) is 0.300. The van der Waals surface area contributed by atoms with E-state index in [2.05, 4.69) is 0 Å². The van der Waals surface area contributed by atoms with Crippen molar-refractivity contribution in [2.45, 2.75) is 18.0 Å². The van der Waals surface area contributed by atoms with Gasteiger partial charge in [-0.25, -0.2) is 0 Å². The molecule has 0 aliphatic rings. The van der Waals surface area contributed by atoms with Gasteiger partial charge in [-0.15, -0.1) is 11.8 Å². The van der Waals surface area contributed by atoms with Crippen molar-refractivity contribution in [2.24, 2.45) is 0 Å². The van der Waals surface area contributed by atoms with E-state index < -0.39 is 11.7 Å². The third-order valence-corrected chi connectivity index (χ3v) is 2.65. The highest BCUT2D eigenvalue weighted by molar-refractivity contribution is 7.99. The van der Waals surface area contributed by atoms with Gasteiger partial charge in [-0.3, -0.25) is 0 Å². The molecule has 1 rings (SSSR count). The first-order valence-electron chi connectivity index (χ1n) is 4.23. The van der Waals surface area contributed by atoms with Gasteiger partial charge in [0.15, 0.2) is 0 Å². The maximum atomic E-state index is 12.5. The minimum atomic E-state index is -4.36. The minimum absolute atomic E-state index is 0.115. The predicted molar refractivity (Wildman–Crippen MR) is 52.6 cm³/mol. The molecule has 0 fully saturated rings. The van der Waals surface area contributed by atoms with E-state index in [1.807, 2.05) is 6.07 Å². The van der Waals surface area contributed by atoms with Crippen LogP contribution in [-0.4, -0.2) is 5.75 Å². The van der Waals surface area contributed by atoms with Crippen molar-refractivity contribution < 1.29 is 13.2 Å². The van der Waals surface area contributed by atoms with Crippen molar-refractivity contribution in [2.75, 3.05) is 5.75 Å². The van der Waals surface area contributed by atoms with Crippen LogP contribution in [0.1, 0.15) is 18.1 Å². The molecule has 0 N–H and O–H groups in total. The third-order valence-electron chi connectivity index (χ3n) is 1.72. The Hall–Kier alpha value is -1.15. The van der Waals surface area contributed by atoms with Gasteiger partial charge in [-0.05, 0) is 24.0 Å². The second kappa shape index (κ2) is 4.58. The summed E-state index contributed by atoms with van der Waals surface area (Å²) in [7, 11) is 0. The van der Waals surface area contributed by atoms with Crippen molar-refractivity contribution in [1.29, 1.82) is 5.26 Å². The Kier molecular flexibility index (Phi) is 3.64. The zero-order valence-electron chi connectivity index (χ0n) is 7.93. The molecule has 0 aliphatic heterocycles. The van der Waals surface area contributed by atoms with Crippen LogP contribution in [0.15, 0.2) is 23.1 Å². The zero-order valence-corrected chi connectivity index (χ0v) is 8.75. The standard InChI is InChI=1S/C10H8F3NS/c1-2-15-9-5-7(6-14)3-4-8(9)10(11,12)13/h3-5H,2H2,1H3. The smallest absolute Gasteiger partial charge is 0.192 e. The molecule has 15 heavy (non-hydrogen) atoms. The summed E-state index contributed by atoms with van der Waals surface area (Å²) in [5.41, 5.74) is -0.424. The van der Waals surface area contributed by atoms with Crippen molar-refractivity contribution in [3.05, 3.63) is 29.3 Å². The fourth-order valence-corrected chi connectivity index (χ4v) is 1.96. The summed E-state index contributed by atoms with van der Waals surface area (Å²) in [6.45, 7) is 1.77. The Morgan fingerprint density at radius 1 is 1.40 bits per heavy atom. The summed E-state index contributed by atoms with van der Waals surface area (Å²) < 4.78 is 37.5. The summed E-state index contributed by atoms with van der Waals surface area (Å²) in [4.78, 5) is 0.115. The van der Waals surface area contributed by atoms with E-state index in [0.29, 0.717) is 5.75 Å². The number of nitriles is 1. The van der Waals surface area contributed by atoms with Gasteiger partial charge < -0.3 is 0 Å². The van der Waals surface area contributed by atoms with Crippen LogP contribution in [-0.2, 0) is 6.18 Å². The number of halogens is 3. The van der Waals surface area contributed by atoms with E-state index in [9.17, 15) is 13.2 Å². The first kappa shape index (κ1) is 11.9. The van der Waals surface area contributed by atoms with Crippen molar-refractivity contribution in [3.8, 4) is 6.07 Å². The molecule has 0 radical (unpaired) electrons. The molecule has 5 heteroatoms. The molecule has 80 valence electrons. The molecule has 0 unspecified atom stereocenters. The van der Waals surface area contributed by atoms with Crippen molar-refractivity contribution in [1.82, 2.24) is 0 Å². The lowest BCUT2D eigenvalue weighted by atomic mass is 10.1. The fourth-order valence-electron chi connectivity index (χ4n) is 1.10. The summed E-state index contributed by atoms with van der Waals surface area (Å²) in [6, 6.07) is 5.24. The predicted octanol–water partition coefficient (Wildman–Crippen LogP) is 3.69. The Bertz CT molecular complexity index is 393. The molecule has 0 amide bonds. The topological polar surface area (TPSA) is 23.8 Å². The molecule has 0 aliphatic carbocycles. The number of nitrogens with zero attached hydrogens (tertiary/aromatic N) is 1. The van der Waals surface area contributed by atoms with E-state index in [1.165, 1.54) is 12.1 Å². The molecular weight excluding hydrogens is 223 g/mol. The van der Waals surface area contributed by atoms with E-state index >= 15 is 0 Å². The van der Waals surface area contributed by atoms with Crippen LogP contribution in [0.25, 0.3) is 0 Å². The lowest BCUT2D eigenvalue weighted by molar-refractivity contribution is -0.139. The molecule has 1 nitrogen and oxygen atoms in total. The van der Waals surface area contributed by atoms with Gasteiger partial charge in [0.25, 0.3) is 0 Å². The van der Waals surface area contributed by atoms with Gasteiger partial charge in [0, 0.05) is 4.90 Å². The number of alkyl halides is 3. The average molecular weight is 231 g/mol. The Morgan fingerprint density at radius 3 is 2.53 bits per heavy atom. The normalized spacial score (nSPS) is 11.1. The average Bonchev–Trinajstić information content (AvgIpc) is 2.16. The molecule has 0 atom stereocenters. The van der Waals surface area contributed by atoms with Gasteiger partial charge >= 0.3 is 6.18 Å². The van der Waals surface area contributed by atoms with E-state index in [0.717, 1.165) is 17.8 Å². The van der Waals surface area contributed by atoms with Crippen LogP contribution >= 0.6 is 11.8 Å². The summed E-state index contributed by atoms with van der Waals surface area (Å²) in [5, 5.41) is 8.58. The van der Waals surface area contributed by atoms with Crippen molar-refractivity contribution >= 4 is 11.8 Å². The Morgan fingerprint density at radius 2 is 2.07 bits per heavy atom. The third kappa shape index (κ3) is 2.90. The molecule has 1 aromatic carbocycles. The van der Waals surface area contributed by atoms with Crippen LogP contribution < -0.4 is 0 Å². The maximum absolute atomic E-state index is 12.5. The Labute approximate surface area is 89.9 Å². The molecule has 0 saturated carbocycles. The summed E-state index contributed by atoms with van der Waals surface area (Å²) >= 11 is 1.09. The number of benzene rings is 1. The van der Waals surface area contributed by atoms with Crippen LogP contribution in [0.4, 0.5) is 13.2 Å². The van der Waals surface area contributed by atoms with Crippen LogP contribution in [0.2, 0.25) is 0 Å². The number of hydrogen-bond acceptors (Lipinski definition) is 2. The highest BCUT2D eigenvalue weighted by Gasteiger charge is 2.33. The van der Waals surface area contributed by atoms with Gasteiger partial charge in [0.1, 0.15) is 0 Å². The van der Waals surface area contributed by atoms with Gasteiger partial charge in [-0.1, -0.05) is 6.92 Å². The number of hydrogen-bond donors (Lipinski definition) is 0. The van der Waals surface area contributed by atoms with Gasteiger partial charge in [0.2, 0.25) is 0 Å². The first-order chi connectivity index (χ1) is 6.99. The lowest BCUT2D eigenvalue weighted by Crippen LogP contribution is -2.07. The molecule has 0 aromatic heterocycles. The van der Waals surface area contributed by atoms with Gasteiger partial charge in [-0.2, -0.15) is 18.4 Å². The van der Waals surface area contributed by atoms with Crippen LogP contribution in [0.5, 0.6) is 0 Å². The molecule has 0 heterocycles. The summed E-state index contributed by atoms with van der Waals surface area (Å²) in [6.07, 6.45) is -4.36. The highest BCUT2D eigenvalue weighted by atomic mass is 32.2. The lowest BCUT2D eigenvalue weighted by Gasteiger charge is -2.11. The molecule has 0 bridgehead atoms. The summed E-state index contributed by atoms with van der Waals surface area (Å²) in [5.74, 6) is 0.540. The largest absolute Gasteiger partial charge is 0.417 e. The van der Waals surface area contributed by atoms with E-state index in [4.69, 9.17) is 5.26 Å². The minimum Gasteiger partial charge on any atom is -0.192 e. The monoisotopic (exact) mass is 231 g/mol. The van der Waals surface area contributed by atoms with E-state index in [-0.39, 0.29) is 10.5 Å². The molecule has 0 saturated heterocycles. The molecule has 1 aromatic rings. The van der Waals surface area contributed by atoms with Crippen LogP contribution in [0.3, 0.4) is 0 Å². The second-order valence-electron chi connectivity index (χ2n) is 2.75. The maximum Gasteiger partial charge on any atom is 0.417 e. The highest BCUT2D eigenvalue weighted by Crippen LogP contribution is 2.36. The van der Waals surface area contributed by atoms with Crippen LogP contribution in [0, 0.1) is 11.3 Å². The number of rotatable bonds is 2. The second-order valence-corrected chi connectivity index (χ2v) is 4.06. The zero-order chi connectivity index (χ0) is 11.5. The number of thioether (sulfide) groups is 1. The SMILES string of the molecule is CCSc1cc(C#N)ccc1C(F)(F)F.